The number of allylic oxidation sites excluding steroid dienone is 1. The summed E-state index contributed by atoms with van der Waals surface area (Å²) in [7, 11) is 1.56. The number of methoxy groups -OCH3 is 1. The fraction of sp³-hybridized carbons (Fsp3) is 0.100. The third-order valence-electron chi connectivity index (χ3n) is 1.61. The van der Waals surface area contributed by atoms with Crippen molar-refractivity contribution < 1.29 is 9.53 Å². The van der Waals surface area contributed by atoms with Crippen molar-refractivity contribution in [2.45, 2.75) is 0 Å². The van der Waals surface area contributed by atoms with E-state index in [0.29, 0.717) is 11.3 Å². The molecule has 1 rings (SSSR count). The van der Waals surface area contributed by atoms with E-state index in [9.17, 15) is 4.79 Å². The average Bonchev–Trinajstić information content (AvgIpc) is 2.17. The molecule has 0 atom stereocenters. The van der Waals surface area contributed by atoms with Gasteiger partial charge in [-0.1, -0.05) is 23.2 Å². The second-order valence-corrected chi connectivity index (χ2v) is 3.53. The van der Waals surface area contributed by atoms with E-state index in [1.165, 1.54) is 0 Å². The SMILES string of the molecule is COc1ccc(C(=O)C=C(Cl)Cl)cc1. The number of carbonyl (C=O) groups excluding carboxylic acids is 1. The number of benzene rings is 1. The molecule has 0 N–H and O–H groups in total. The molecule has 0 unspecified atom stereocenters. The van der Waals surface area contributed by atoms with E-state index >= 15 is 0 Å². The Kier molecular flexibility index (Phi) is 3.98. The highest BCUT2D eigenvalue weighted by molar-refractivity contribution is 6.57. The first-order chi connectivity index (χ1) is 6.63. The van der Waals surface area contributed by atoms with Gasteiger partial charge in [0.05, 0.1) is 7.11 Å². The molecule has 1 aromatic rings. The van der Waals surface area contributed by atoms with Crippen LogP contribution in [0.25, 0.3) is 0 Å². The minimum absolute atomic E-state index is 0.0502. The third kappa shape index (κ3) is 3.05. The van der Waals surface area contributed by atoms with Crippen LogP contribution in [0.15, 0.2) is 34.8 Å². The lowest BCUT2D eigenvalue weighted by Crippen LogP contribution is -1.94. The normalized spacial score (nSPS) is 9.36. The number of halogens is 2. The first-order valence-corrected chi connectivity index (χ1v) is 4.60. The molecule has 0 fully saturated rings. The van der Waals surface area contributed by atoms with E-state index in [2.05, 4.69) is 0 Å². The molecule has 0 saturated carbocycles. The van der Waals surface area contributed by atoms with Gasteiger partial charge in [-0.3, -0.25) is 4.79 Å². The van der Waals surface area contributed by atoms with Crippen LogP contribution >= 0.6 is 23.2 Å². The molecular weight excluding hydrogens is 223 g/mol. The van der Waals surface area contributed by atoms with Crippen LogP contribution in [0, 0.1) is 0 Å². The van der Waals surface area contributed by atoms with E-state index in [1.54, 1.807) is 31.4 Å². The molecule has 0 aromatic heterocycles. The molecule has 0 radical (unpaired) electrons. The zero-order valence-corrected chi connectivity index (χ0v) is 8.97. The van der Waals surface area contributed by atoms with Crippen molar-refractivity contribution in [3.05, 3.63) is 40.4 Å². The van der Waals surface area contributed by atoms with Crippen molar-refractivity contribution in [3.8, 4) is 5.75 Å². The number of hydrogen-bond acceptors (Lipinski definition) is 2. The van der Waals surface area contributed by atoms with Crippen molar-refractivity contribution in [2.75, 3.05) is 7.11 Å². The van der Waals surface area contributed by atoms with Crippen molar-refractivity contribution in [3.63, 3.8) is 0 Å². The average molecular weight is 231 g/mol. The maximum absolute atomic E-state index is 11.4. The van der Waals surface area contributed by atoms with Gasteiger partial charge in [0.2, 0.25) is 0 Å². The Morgan fingerprint density at radius 3 is 2.29 bits per heavy atom. The number of rotatable bonds is 3. The van der Waals surface area contributed by atoms with Crippen LogP contribution < -0.4 is 4.74 Å². The molecule has 0 aliphatic carbocycles. The van der Waals surface area contributed by atoms with Crippen molar-refractivity contribution in [1.29, 1.82) is 0 Å². The minimum atomic E-state index is -0.229. The first kappa shape index (κ1) is 11.1. The smallest absolute Gasteiger partial charge is 0.188 e. The quantitative estimate of drug-likeness (QED) is 0.589. The van der Waals surface area contributed by atoms with Crippen molar-refractivity contribution in [2.24, 2.45) is 0 Å². The monoisotopic (exact) mass is 230 g/mol. The Labute approximate surface area is 92.1 Å². The molecule has 74 valence electrons. The van der Waals surface area contributed by atoms with Gasteiger partial charge >= 0.3 is 0 Å². The highest BCUT2D eigenvalue weighted by Gasteiger charge is 2.02. The standard InChI is InChI=1S/C10H8Cl2O2/c1-14-8-4-2-7(3-5-8)9(13)6-10(11)12/h2-6H,1H3. The maximum atomic E-state index is 11.4. The predicted octanol–water partition coefficient (Wildman–Crippen LogP) is 3.20. The predicted molar refractivity (Wildman–Crippen MR) is 57.1 cm³/mol. The molecule has 2 nitrogen and oxygen atoms in total. The van der Waals surface area contributed by atoms with Gasteiger partial charge in [-0.25, -0.2) is 0 Å². The molecule has 0 heterocycles. The van der Waals surface area contributed by atoms with Gasteiger partial charge in [-0.2, -0.15) is 0 Å². The lowest BCUT2D eigenvalue weighted by atomic mass is 10.1. The molecule has 0 spiro atoms. The molecule has 0 aliphatic heterocycles. The van der Waals surface area contributed by atoms with Gasteiger partial charge in [0, 0.05) is 11.6 Å². The number of carbonyl (C=O) groups is 1. The van der Waals surface area contributed by atoms with Crippen molar-refractivity contribution in [1.82, 2.24) is 0 Å². The van der Waals surface area contributed by atoms with Gasteiger partial charge in [-0.15, -0.1) is 0 Å². The summed E-state index contributed by atoms with van der Waals surface area (Å²) < 4.78 is 4.90. The molecule has 4 heteroatoms. The first-order valence-electron chi connectivity index (χ1n) is 3.84. The summed E-state index contributed by atoms with van der Waals surface area (Å²) in [5.41, 5.74) is 0.518. The lowest BCUT2D eigenvalue weighted by molar-refractivity contribution is 0.104. The molecule has 0 amide bonds. The number of ketones is 1. The third-order valence-corrected chi connectivity index (χ3v) is 1.83. The van der Waals surface area contributed by atoms with E-state index in [0.717, 1.165) is 6.08 Å². The number of hydrogen-bond donors (Lipinski definition) is 0. The maximum Gasteiger partial charge on any atom is 0.188 e. The largest absolute Gasteiger partial charge is 0.497 e. The fourth-order valence-corrected chi connectivity index (χ4v) is 1.14. The van der Waals surface area contributed by atoms with E-state index in [-0.39, 0.29) is 10.3 Å². The van der Waals surface area contributed by atoms with Crippen LogP contribution in [0.5, 0.6) is 5.75 Å². The van der Waals surface area contributed by atoms with Crippen LogP contribution in [0.4, 0.5) is 0 Å². The van der Waals surface area contributed by atoms with Crippen molar-refractivity contribution >= 4 is 29.0 Å². The summed E-state index contributed by atoms with van der Waals surface area (Å²) in [6.45, 7) is 0. The summed E-state index contributed by atoms with van der Waals surface area (Å²) in [6, 6.07) is 6.69. The molecule has 0 aliphatic rings. The van der Waals surface area contributed by atoms with Crippen LogP contribution in [0.1, 0.15) is 10.4 Å². The number of ether oxygens (including phenoxy) is 1. The summed E-state index contributed by atoms with van der Waals surface area (Å²) in [5, 5.41) is 0. The van der Waals surface area contributed by atoms with Gasteiger partial charge < -0.3 is 4.74 Å². The Morgan fingerprint density at radius 1 is 1.29 bits per heavy atom. The van der Waals surface area contributed by atoms with E-state index in [1.807, 2.05) is 0 Å². The topological polar surface area (TPSA) is 26.3 Å². The molecule has 14 heavy (non-hydrogen) atoms. The van der Waals surface area contributed by atoms with Gasteiger partial charge in [0.1, 0.15) is 10.2 Å². The van der Waals surface area contributed by atoms with Crippen LogP contribution in [-0.4, -0.2) is 12.9 Å². The van der Waals surface area contributed by atoms with Crippen LogP contribution in [0.3, 0.4) is 0 Å². The Bertz CT molecular complexity index is 351. The van der Waals surface area contributed by atoms with Crippen LogP contribution in [0.2, 0.25) is 0 Å². The second-order valence-electron chi connectivity index (χ2n) is 2.53. The van der Waals surface area contributed by atoms with E-state index < -0.39 is 0 Å². The highest BCUT2D eigenvalue weighted by atomic mass is 35.5. The summed E-state index contributed by atoms with van der Waals surface area (Å²) in [5.74, 6) is 0.468. The minimum Gasteiger partial charge on any atom is -0.497 e. The summed E-state index contributed by atoms with van der Waals surface area (Å²) in [4.78, 5) is 11.4. The van der Waals surface area contributed by atoms with Gasteiger partial charge in [-0.05, 0) is 24.3 Å². The Hall–Kier alpha value is -0.990. The fourth-order valence-electron chi connectivity index (χ4n) is 0.938. The zero-order chi connectivity index (χ0) is 10.6. The molecule has 0 saturated heterocycles. The van der Waals surface area contributed by atoms with Gasteiger partial charge in [0.25, 0.3) is 0 Å². The highest BCUT2D eigenvalue weighted by Crippen LogP contribution is 2.14. The summed E-state index contributed by atoms with van der Waals surface area (Å²) in [6.07, 6.45) is 1.16. The van der Waals surface area contributed by atoms with Gasteiger partial charge in [0.15, 0.2) is 5.78 Å². The summed E-state index contributed by atoms with van der Waals surface area (Å²) >= 11 is 10.7. The lowest BCUT2D eigenvalue weighted by Gasteiger charge is -1.99. The Balaban J connectivity index is 2.87. The molecule has 0 bridgehead atoms. The Morgan fingerprint density at radius 2 is 1.86 bits per heavy atom. The van der Waals surface area contributed by atoms with Crippen LogP contribution in [-0.2, 0) is 0 Å². The molecular formula is C10H8Cl2O2. The van der Waals surface area contributed by atoms with E-state index in [4.69, 9.17) is 27.9 Å². The molecule has 1 aromatic carbocycles. The second kappa shape index (κ2) is 5.03. The zero-order valence-electron chi connectivity index (χ0n) is 7.46.